The van der Waals surface area contributed by atoms with Crippen LogP contribution in [0.15, 0.2) is 33.5 Å². The van der Waals surface area contributed by atoms with Crippen LogP contribution in [0, 0.1) is 0 Å². The van der Waals surface area contributed by atoms with Gasteiger partial charge in [0.05, 0.1) is 21.8 Å². The SMILES string of the molecule is O=c1ccc2c([nH]1)CCCC2Nc1ccc(Br)c(Cl)c1Cl. The van der Waals surface area contributed by atoms with Crippen LogP contribution in [0.1, 0.15) is 30.1 Å². The molecule has 0 bridgehead atoms. The molecule has 0 saturated carbocycles. The highest BCUT2D eigenvalue weighted by atomic mass is 79.9. The van der Waals surface area contributed by atoms with Crippen molar-refractivity contribution in [3.63, 3.8) is 0 Å². The molecule has 0 aliphatic heterocycles. The molecule has 6 heteroatoms. The van der Waals surface area contributed by atoms with Crippen molar-refractivity contribution in [1.29, 1.82) is 0 Å². The van der Waals surface area contributed by atoms with Crippen LogP contribution in [-0.4, -0.2) is 4.98 Å². The molecular weight excluding hydrogens is 375 g/mol. The quantitative estimate of drug-likeness (QED) is 0.717. The summed E-state index contributed by atoms with van der Waals surface area (Å²) in [7, 11) is 0. The second-order valence-electron chi connectivity index (χ2n) is 5.07. The molecule has 1 unspecified atom stereocenters. The first-order valence-electron chi connectivity index (χ1n) is 6.68. The van der Waals surface area contributed by atoms with Crippen LogP contribution in [0.25, 0.3) is 0 Å². The summed E-state index contributed by atoms with van der Waals surface area (Å²) in [5.74, 6) is 0. The lowest BCUT2D eigenvalue weighted by Gasteiger charge is -2.27. The molecule has 21 heavy (non-hydrogen) atoms. The molecule has 1 aliphatic carbocycles. The van der Waals surface area contributed by atoms with E-state index in [1.165, 1.54) is 0 Å². The molecule has 1 atom stereocenters. The zero-order valence-corrected chi connectivity index (χ0v) is 14.1. The highest BCUT2D eigenvalue weighted by molar-refractivity contribution is 9.10. The molecule has 3 nitrogen and oxygen atoms in total. The number of fused-ring (bicyclic) bond motifs is 1. The van der Waals surface area contributed by atoms with Gasteiger partial charge < -0.3 is 10.3 Å². The number of halogens is 3. The first-order valence-corrected chi connectivity index (χ1v) is 8.23. The van der Waals surface area contributed by atoms with Crippen molar-refractivity contribution < 1.29 is 0 Å². The number of aromatic amines is 1. The maximum atomic E-state index is 11.4. The minimum absolute atomic E-state index is 0.0564. The molecule has 0 spiro atoms. The lowest BCUT2D eigenvalue weighted by atomic mass is 9.91. The molecule has 0 fully saturated rings. The summed E-state index contributed by atoms with van der Waals surface area (Å²) in [6.07, 6.45) is 2.91. The summed E-state index contributed by atoms with van der Waals surface area (Å²) in [4.78, 5) is 14.3. The normalized spacial score (nSPS) is 17.4. The highest BCUT2D eigenvalue weighted by Crippen LogP contribution is 2.39. The molecular formula is C15H13BrCl2N2O. The van der Waals surface area contributed by atoms with Crippen molar-refractivity contribution in [3.8, 4) is 0 Å². The Labute approximate surface area is 140 Å². The largest absolute Gasteiger partial charge is 0.377 e. The third kappa shape index (κ3) is 2.98. The van der Waals surface area contributed by atoms with Crippen molar-refractivity contribution in [3.05, 3.63) is 60.4 Å². The predicted octanol–water partition coefficient (Wildman–Crippen LogP) is 4.93. The lowest BCUT2D eigenvalue weighted by molar-refractivity contribution is 0.587. The molecule has 0 radical (unpaired) electrons. The molecule has 1 aromatic carbocycles. The Balaban J connectivity index is 1.94. The van der Waals surface area contributed by atoms with E-state index in [1.807, 2.05) is 18.2 Å². The first kappa shape index (κ1) is 14.9. The van der Waals surface area contributed by atoms with Crippen LogP contribution in [-0.2, 0) is 6.42 Å². The standard InChI is InChI=1S/C15H13BrCl2N2O/c16-9-5-6-12(15(18)14(9)17)19-10-2-1-3-11-8(10)4-7-13(21)20-11/h4-7,10,19H,1-3H2,(H,20,21). The highest BCUT2D eigenvalue weighted by Gasteiger charge is 2.22. The van der Waals surface area contributed by atoms with Gasteiger partial charge in [-0.1, -0.05) is 23.2 Å². The molecule has 110 valence electrons. The summed E-state index contributed by atoms with van der Waals surface area (Å²) in [5, 5.41) is 4.44. The third-order valence-corrected chi connectivity index (χ3v) is 5.47. The van der Waals surface area contributed by atoms with E-state index in [2.05, 4.69) is 26.2 Å². The molecule has 2 aromatic rings. The van der Waals surface area contributed by atoms with Crippen LogP contribution in [0.3, 0.4) is 0 Å². The number of hydrogen-bond acceptors (Lipinski definition) is 2. The molecule has 0 amide bonds. The van der Waals surface area contributed by atoms with E-state index in [0.29, 0.717) is 10.0 Å². The van der Waals surface area contributed by atoms with Crippen molar-refractivity contribution in [1.82, 2.24) is 4.98 Å². The minimum Gasteiger partial charge on any atom is -0.377 e. The maximum absolute atomic E-state index is 11.4. The number of aromatic nitrogens is 1. The molecule has 1 aliphatic rings. The summed E-state index contributed by atoms with van der Waals surface area (Å²) in [6, 6.07) is 7.35. The topological polar surface area (TPSA) is 44.9 Å². The van der Waals surface area contributed by atoms with Gasteiger partial charge in [-0.05, 0) is 59.0 Å². The molecule has 3 rings (SSSR count). The van der Waals surface area contributed by atoms with E-state index in [0.717, 1.165) is 40.7 Å². The van der Waals surface area contributed by atoms with Gasteiger partial charge in [0.1, 0.15) is 0 Å². The van der Waals surface area contributed by atoms with Crippen LogP contribution < -0.4 is 10.9 Å². The molecule has 1 aromatic heterocycles. The molecule has 1 heterocycles. The fraction of sp³-hybridized carbons (Fsp3) is 0.267. The predicted molar refractivity (Wildman–Crippen MR) is 90.5 cm³/mol. The Bertz CT molecular complexity index is 745. The zero-order valence-electron chi connectivity index (χ0n) is 11.1. The minimum atomic E-state index is -0.0564. The Morgan fingerprint density at radius 3 is 2.81 bits per heavy atom. The number of pyridine rings is 1. The van der Waals surface area contributed by atoms with Crippen LogP contribution in [0.5, 0.6) is 0 Å². The Hall–Kier alpha value is -0.970. The number of anilines is 1. The van der Waals surface area contributed by atoms with Crippen molar-refractivity contribution in [2.75, 3.05) is 5.32 Å². The summed E-state index contributed by atoms with van der Waals surface area (Å²) in [6.45, 7) is 0. The Morgan fingerprint density at radius 2 is 2.00 bits per heavy atom. The number of aryl methyl sites for hydroxylation is 1. The van der Waals surface area contributed by atoms with E-state index in [1.54, 1.807) is 6.07 Å². The van der Waals surface area contributed by atoms with Gasteiger partial charge in [-0.2, -0.15) is 0 Å². The van der Waals surface area contributed by atoms with Gasteiger partial charge in [0.15, 0.2) is 0 Å². The second kappa shape index (κ2) is 6.03. The summed E-state index contributed by atoms with van der Waals surface area (Å²) in [5.41, 5.74) is 2.87. The summed E-state index contributed by atoms with van der Waals surface area (Å²) >= 11 is 15.8. The summed E-state index contributed by atoms with van der Waals surface area (Å²) < 4.78 is 0.771. The smallest absolute Gasteiger partial charge is 0.248 e. The van der Waals surface area contributed by atoms with Gasteiger partial charge in [0.2, 0.25) is 5.56 Å². The van der Waals surface area contributed by atoms with Gasteiger partial charge >= 0.3 is 0 Å². The van der Waals surface area contributed by atoms with Gasteiger partial charge in [0.25, 0.3) is 0 Å². The van der Waals surface area contributed by atoms with Crippen molar-refractivity contribution >= 4 is 44.8 Å². The van der Waals surface area contributed by atoms with Crippen LogP contribution >= 0.6 is 39.1 Å². The van der Waals surface area contributed by atoms with Crippen LogP contribution in [0.4, 0.5) is 5.69 Å². The Morgan fingerprint density at radius 1 is 1.19 bits per heavy atom. The number of H-pyrrole nitrogens is 1. The first-order chi connectivity index (χ1) is 10.1. The number of rotatable bonds is 2. The van der Waals surface area contributed by atoms with E-state index in [-0.39, 0.29) is 11.6 Å². The van der Waals surface area contributed by atoms with E-state index >= 15 is 0 Å². The van der Waals surface area contributed by atoms with Gasteiger partial charge in [0, 0.05) is 16.2 Å². The zero-order chi connectivity index (χ0) is 15.0. The number of benzene rings is 1. The van der Waals surface area contributed by atoms with E-state index < -0.39 is 0 Å². The van der Waals surface area contributed by atoms with Gasteiger partial charge in [-0.3, -0.25) is 4.79 Å². The number of hydrogen-bond donors (Lipinski definition) is 2. The third-order valence-electron chi connectivity index (χ3n) is 3.70. The van der Waals surface area contributed by atoms with E-state index in [9.17, 15) is 4.79 Å². The molecule has 2 N–H and O–H groups in total. The molecule has 0 saturated heterocycles. The second-order valence-corrected chi connectivity index (χ2v) is 6.68. The average Bonchev–Trinajstić information content (AvgIpc) is 2.48. The van der Waals surface area contributed by atoms with Gasteiger partial charge in [-0.15, -0.1) is 0 Å². The lowest BCUT2D eigenvalue weighted by Crippen LogP contribution is -2.21. The van der Waals surface area contributed by atoms with Gasteiger partial charge in [-0.25, -0.2) is 0 Å². The van der Waals surface area contributed by atoms with Crippen molar-refractivity contribution in [2.24, 2.45) is 0 Å². The Kier molecular flexibility index (Phi) is 4.29. The maximum Gasteiger partial charge on any atom is 0.248 e. The van der Waals surface area contributed by atoms with Crippen LogP contribution in [0.2, 0.25) is 10.0 Å². The van der Waals surface area contributed by atoms with Crippen molar-refractivity contribution in [2.45, 2.75) is 25.3 Å². The van der Waals surface area contributed by atoms with E-state index in [4.69, 9.17) is 23.2 Å². The number of nitrogens with one attached hydrogen (secondary N) is 2. The fourth-order valence-electron chi connectivity index (χ4n) is 2.68. The average molecular weight is 388 g/mol. The fourth-order valence-corrected chi connectivity index (χ4v) is 3.50. The monoisotopic (exact) mass is 386 g/mol.